The molecule has 0 saturated carbocycles. The minimum Gasteiger partial charge on any atom is -0.396 e. The molecule has 0 fully saturated rings. The van der Waals surface area contributed by atoms with Gasteiger partial charge in [0.15, 0.2) is 0 Å². The van der Waals surface area contributed by atoms with Crippen LogP contribution in [0.2, 0.25) is 0 Å². The molecule has 0 atom stereocenters. The van der Waals surface area contributed by atoms with Gasteiger partial charge in [0.25, 0.3) is 0 Å². The van der Waals surface area contributed by atoms with Gasteiger partial charge in [-0.3, -0.25) is 0 Å². The highest BCUT2D eigenvalue weighted by molar-refractivity contribution is 5.55. The number of aliphatic hydroxyl groups excluding tert-OH is 1. The lowest BCUT2D eigenvalue weighted by molar-refractivity contribution is 0.127. The molecule has 0 radical (unpaired) electrons. The van der Waals surface area contributed by atoms with E-state index in [1.54, 1.807) is 0 Å². The zero-order valence-corrected chi connectivity index (χ0v) is 11.5. The molecule has 0 aliphatic heterocycles. The maximum absolute atomic E-state index is 9.53. The van der Waals surface area contributed by atoms with Crippen LogP contribution in [0.1, 0.15) is 37.8 Å². The van der Waals surface area contributed by atoms with Gasteiger partial charge in [0.05, 0.1) is 18.2 Å². The molecular formula is C15H22N2O. The van der Waals surface area contributed by atoms with E-state index in [0.717, 1.165) is 30.6 Å². The summed E-state index contributed by atoms with van der Waals surface area (Å²) in [6.45, 7) is 7.12. The number of hydrogen-bond acceptors (Lipinski definition) is 3. The van der Waals surface area contributed by atoms with Crippen molar-refractivity contribution in [3.05, 3.63) is 29.3 Å². The standard InChI is InChI=1S/C15H22N2O/c1-4-15(5-2,11-18)10-17-14-8-13(9-16)7-6-12(14)3/h6-8,17-18H,4-5,10-11H2,1-3H3. The molecule has 3 heteroatoms. The van der Waals surface area contributed by atoms with Crippen LogP contribution >= 0.6 is 0 Å². The van der Waals surface area contributed by atoms with Crippen molar-refractivity contribution in [3.8, 4) is 6.07 Å². The predicted octanol–water partition coefficient (Wildman–Crippen LogP) is 3.08. The molecule has 18 heavy (non-hydrogen) atoms. The Morgan fingerprint density at radius 1 is 1.33 bits per heavy atom. The first kappa shape index (κ1) is 14.5. The van der Waals surface area contributed by atoms with Crippen molar-refractivity contribution in [3.63, 3.8) is 0 Å². The van der Waals surface area contributed by atoms with Crippen molar-refractivity contribution in [1.82, 2.24) is 0 Å². The summed E-state index contributed by atoms with van der Waals surface area (Å²) in [5.41, 5.74) is 2.68. The van der Waals surface area contributed by atoms with Crippen molar-refractivity contribution >= 4 is 5.69 Å². The van der Waals surface area contributed by atoms with E-state index in [1.165, 1.54) is 0 Å². The van der Waals surface area contributed by atoms with Crippen LogP contribution in [0.4, 0.5) is 5.69 Å². The molecule has 0 aliphatic carbocycles. The molecular weight excluding hydrogens is 224 g/mol. The van der Waals surface area contributed by atoms with E-state index in [4.69, 9.17) is 5.26 Å². The summed E-state index contributed by atoms with van der Waals surface area (Å²) in [6, 6.07) is 7.77. The van der Waals surface area contributed by atoms with Crippen LogP contribution in [0.15, 0.2) is 18.2 Å². The molecule has 0 heterocycles. The van der Waals surface area contributed by atoms with Gasteiger partial charge in [0.2, 0.25) is 0 Å². The van der Waals surface area contributed by atoms with E-state index in [9.17, 15) is 5.11 Å². The first-order chi connectivity index (χ1) is 8.60. The Hall–Kier alpha value is -1.53. The van der Waals surface area contributed by atoms with E-state index >= 15 is 0 Å². The number of rotatable bonds is 6. The fourth-order valence-electron chi connectivity index (χ4n) is 1.94. The first-order valence-corrected chi connectivity index (χ1v) is 6.46. The zero-order valence-electron chi connectivity index (χ0n) is 11.5. The van der Waals surface area contributed by atoms with E-state index in [2.05, 4.69) is 25.2 Å². The van der Waals surface area contributed by atoms with Gasteiger partial charge in [-0.1, -0.05) is 19.9 Å². The van der Waals surface area contributed by atoms with Crippen LogP contribution in [0, 0.1) is 23.7 Å². The summed E-state index contributed by atoms with van der Waals surface area (Å²) >= 11 is 0. The molecule has 0 spiro atoms. The monoisotopic (exact) mass is 246 g/mol. The van der Waals surface area contributed by atoms with Gasteiger partial charge in [-0.25, -0.2) is 0 Å². The third-order valence-corrected chi connectivity index (χ3v) is 3.86. The van der Waals surface area contributed by atoms with Crippen molar-refractivity contribution < 1.29 is 5.11 Å². The Morgan fingerprint density at radius 2 is 2.00 bits per heavy atom. The minimum atomic E-state index is -0.0743. The summed E-state index contributed by atoms with van der Waals surface area (Å²) in [7, 11) is 0. The van der Waals surface area contributed by atoms with Crippen molar-refractivity contribution in [1.29, 1.82) is 5.26 Å². The SMILES string of the molecule is CCC(CC)(CO)CNc1cc(C#N)ccc1C. The Kier molecular flexibility index (Phi) is 5.18. The molecule has 1 rings (SSSR count). The predicted molar refractivity (Wildman–Crippen MR) is 74.5 cm³/mol. The second kappa shape index (κ2) is 6.42. The summed E-state index contributed by atoms with van der Waals surface area (Å²) < 4.78 is 0. The number of nitrogens with one attached hydrogen (secondary N) is 1. The lowest BCUT2D eigenvalue weighted by atomic mass is 9.83. The van der Waals surface area contributed by atoms with Crippen LogP contribution < -0.4 is 5.32 Å². The molecule has 1 aromatic rings. The largest absolute Gasteiger partial charge is 0.396 e. The summed E-state index contributed by atoms with van der Waals surface area (Å²) in [5.74, 6) is 0. The van der Waals surface area contributed by atoms with E-state index in [-0.39, 0.29) is 12.0 Å². The third-order valence-electron chi connectivity index (χ3n) is 3.86. The van der Waals surface area contributed by atoms with E-state index < -0.39 is 0 Å². The van der Waals surface area contributed by atoms with Gasteiger partial charge in [0, 0.05) is 17.6 Å². The van der Waals surface area contributed by atoms with E-state index in [0.29, 0.717) is 5.56 Å². The molecule has 2 N–H and O–H groups in total. The van der Waals surface area contributed by atoms with Crippen LogP contribution in [0.25, 0.3) is 0 Å². The van der Waals surface area contributed by atoms with Crippen molar-refractivity contribution in [2.24, 2.45) is 5.41 Å². The van der Waals surface area contributed by atoms with Gasteiger partial charge in [-0.05, 0) is 37.5 Å². The van der Waals surface area contributed by atoms with Gasteiger partial charge in [0.1, 0.15) is 0 Å². The summed E-state index contributed by atoms with van der Waals surface area (Å²) in [5, 5.41) is 21.8. The maximum Gasteiger partial charge on any atom is 0.0992 e. The highest BCUT2D eigenvalue weighted by Crippen LogP contribution is 2.27. The number of nitrogens with zero attached hydrogens (tertiary/aromatic N) is 1. The Balaban J connectivity index is 2.82. The van der Waals surface area contributed by atoms with E-state index in [1.807, 2.05) is 25.1 Å². The Labute approximate surface area is 109 Å². The smallest absolute Gasteiger partial charge is 0.0992 e. The quantitative estimate of drug-likeness (QED) is 0.811. The van der Waals surface area contributed by atoms with Gasteiger partial charge < -0.3 is 10.4 Å². The summed E-state index contributed by atoms with van der Waals surface area (Å²) in [4.78, 5) is 0. The second-order valence-corrected chi connectivity index (χ2v) is 4.86. The number of nitriles is 1. The number of benzene rings is 1. The average molecular weight is 246 g/mol. The van der Waals surface area contributed by atoms with Gasteiger partial charge >= 0.3 is 0 Å². The molecule has 0 amide bonds. The molecule has 0 aliphatic rings. The highest BCUT2D eigenvalue weighted by Gasteiger charge is 2.24. The van der Waals surface area contributed by atoms with Gasteiger partial charge in [-0.2, -0.15) is 5.26 Å². The van der Waals surface area contributed by atoms with Crippen LogP contribution in [0.5, 0.6) is 0 Å². The first-order valence-electron chi connectivity index (χ1n) is 6.46. The normalized spacial score (nSPS) is 11.1. The second-order valence-electron chi connectivity index (χ2n) is 4.86. The molecule has 0 bridgehead atoms. The Bertz CT molecular complexity index is 422. The number of hydrogen-bond donors (Lipinski definition) is 2. The minimum absolute atomic E-state index is 0.0743. The van der Waals surface area contributed by atoms with Crippen LogP contribution in [0.3, 0.4) is 0 Å². The Morgan fingerprint density at radius 3 is 2.50 bits per heavy atom. The number of aliphatic hydroxyl groups is 1. The van der Waals surface area contributed by atoms with Crippen molar-refractivity contribution in [2.45, 2.75) is 33.6 Å². The molecule has 0 aromatic heterocycles. The molecule has 0 unspecified atom stereocenters. The summed E-state index contributed by atoms with van der Waals surface area (Å²) in [6.07, 6.45) is 1.87. The number of aryl methyl sites for hydroxylation is 1. The fraction of sp³-hybridized carbons (Fsp3) is 0.533. The lowest BCUT2D eigenvalue weighted by Gasteiger charge is -2.30. The topological polar surface area (TPSA) is 56.0 Å². The molecule has 0 saturated heterocycles. The molecule has 98 valence electrons. The van der Waals surface area contributed by atoms with Crippen molar-refractivity contribution in [2.75, 3.05) is 18.5 Å². The van der Waals surface area contributed by atoms with Crippen LogP contribution in [-0.4, -0.2) is 18.3 Å². The molecule has 1 aromatic carbocycles. The van der Waals surface area contributed by atoms with Crippen LogP contribution in [-0.2, 0) is 0 Å². The third kappa shape index (κ3) is 3.24. The zero-order chi connectivity index (χ0) is 13.6. The molecule has 3 nitrogen and oxygen atoms in total. The maximum atomic E-state index is 9.53. The lowest BCUT2D eigenvalue weighted by Crippen LogP contribution is -2.32. The average Bonchev–Trinajstić information content (AvgIpc) is 2.42. The number of anilines is 1. The van der Waals surface area contributed by atoms with Gasteiger partial charge in [-0.15, -0.1) is 0 Å². The fourth-order valence-corrected chi connectivity index (χ4v) is 1.94. The highest BCUT2D eigenvalue weighted by atomic mass is 16.3.